The van der Waals surface area contributed by atoms with Crippen LogP contribution in [0.1, 0.15) is 52.5 Å². The molecule has 0 N–H and O–H groups in total. The van der Waals surface area contributed by atoms with Crippen molar-refractivity contribution in [1.82, 2.24) is 14.5 Å². The number of furan rings is 1. The Bertz CT molecular complexity index is 1880. The number of carbonyl (C=O) groups excluding carboxylic acids is 1. The molecule has 0 radical (unpaired) electrons. The van der Waals surface area contributed by atoms with E-state index in [2.05, 4.69) is 15.5 Å². The fourth-order valence-corrected chi connectivity index (χ4v) is 6.79. The minimum Gasteiger partial charge on any atom is -0.487 e. The Kier molecular flexibility index (Phi) is 8.44. The van der Waals surface area contributed by atoms with E-state index >= 15 is 0 Å². The number of aromatic nitrogens is 2. The van der Waals surface area contributed by atoms with Crippen LogP contribution in [0.4, 0.5) is 4.39 Å². The number of benzene rings is 3. The summed E-state index contributed by atoms with van der Waals surface area (Å²) in [6.45, 7) is 4.06. The van der Waals surface area contributed by atoms with E-state index in [0.29, 0.717) is 51.0 Å². The average molecular weight is 653 g/mol. The van der Waals surface area contributed by atoms with E-state index in [1.807, 2.05) is 24.3 Å². The number of nitrogens with zero attached hydrogens (tertiary/aromatic N) is 3. The van der Waals surface area contributed by atoms with Crippen LogP contribution in [0, 0.1) is 6.01 Å². The Morgan fingerprint density at radius 1 is 1.07 bits per heavy atom. The van der Waals surface area contributed by atoms with Gasteiger partial charge in [-0.15, -0.1) is 0 Å². The molecule has 7 rings (SSSR count). The number of fused-ring (bicyclic) bond motifs is 2. The maximum atomic E-state index is 13.9. The van der Waals surface area contributed by atoms with Gasteiger partial charge in [0.15, 0.2) is 0 Å². The lowest BCUT2D eigenvalue weighted by Gasteiger charge is -2.33. The van der Waals surface area contributed by atoms with Crippen LogP contribution >= 0.6 is 23.2 Å². The molecule has 0 saturated carbocycles. The van der Waals surface area contributed by atoms with Gasteiger partial charge in [-0.1, -0.05) is 41.4 Å². The lowest BCUT2D eigenvalue weighted by Crippen LogP contribution is -2.35. The molecule has 0 aliphatic carbocycles. The maximum absolute atomic E-state index is 13.9. The Balaban J connectivity index is 1.07. The highest BCUT2D eigenvalue weighted by Gasteiger charge is 2.27. The molecule has 3 aromatic carbocycles. The Labute approximate surface area is 269 Å². The van der Waals surface area contributed by atoms with Crippen molar-refractivity contribution < 1.29 is 27.8 Å². The van der Waals surface area contributed by atoms with Gasteiger partial charge in [-0.05, 0) is 74.2 Å². The van der Waals surface area contributed by atoms with Crippen LogP contribution in [0.5, 0.6) is 5.75 Å². The van der Waals surface area contributed by atoms with Crippen LogP contribution in [0.2, 0.25) is 10.0 Å². The third kappa shape index (κ3) is 6.02. The number of likely N-dealkylation sites (tertiary alicyclic amines) is 1. The second-order valence-electron chi connectivity index (χ2n) is 11.6. The number of halogens is 3. The Morgan fingerprint density at radius 2 is 1.89 bits per heavy atom. The van der Waals surface area contributed by atoms with Crippen molar-refractivity contribution >= 4 is 51.2 Å². The predicted octanol–water partition coefficient (Wildman–Crippen LogP) is 7.76. The first-order valence-corrected chi connectivity index (χ1v) is 15.8. The summed E-state index contributed by atoms with van der Waals surface area (Å²) in [5.41, 5.74) is 4.38. The molecule has 0 unspecified atom stereocenters. The molecule has 2 saturated heterocycles. The van der Waals surface area contributed by atoms with E-state index in [4.69, 9.17) is 46.8 Å². The molecule has 2 aliphatic rings. The summed E-state index contributed by atoms with van der Waals surface area (Å²) in [7, 11) is 1.39. The molecule has 0 bridgehead atoms. The van der Waals surface area contributed by atoms with Gasteiger partial charge in [-0.2, -0.15) is 4.39 Å². The SMILES string of the molecule is COC(=O)c1ccc2nc(CN3CCC(c4cccc(Cl)c4OCc4ccc(Cl)c5cc(F)oc45)CC3)n(C[C@@H]3CCO3)c2c1. The number of hydrogen-bond acceptors (Lipinski definition) is 7. The molecule has 45 heavy (non-hydrogen) atoms. The van der Waals surface area contributed by atoms with Gasteiger partial charge in [-0.3, -0.25) is 4.90 Å². The highest BCUT2D eigenvalue weighted by atomic mass is 35.5. The number of hydrogen-bond donors (Lipinski definition) is 0. The van der Waals surface area contributed by atoms with Gasteiger partial charge in [0.2, 0.25) is 0 Å². The highest BCUT2D eigenvalue weighted by molar-refractivity contribution is 6.35. The average Bonchev–Trinajstić information content (AvgIpc) is 3.59. The molecule has 0 amide bonds. The van der Waals surface area contributed by atoms with Gasteiger partial charge < -0.3 is 23.2 Å². The molecule has 8 nitrogen and oxygen atoms in total. The summed E-state index contributed by atoms with van der Waals surface area (Å²) < 4.78 is 38.3. The highest BCUT2D eigenvalue weighted by Crippen LogP contribution is 2.40. The van der Waals surface area contributed by atoms with Crippen molar-refractivity contribution in [3.63, 3.8) is 0 Å². The third-order valence-electron chi connectivity index (χ3n) is 8.87. The van der Waals surface area contributed by atoms with Crippen LogP contribution < -0.4 is 4.74 Å². The van der Waals surface area contributed by atoms with Gasteiger partial charge >= 0.3 is 5.97 Å². The van der Waals surface area contributed by atoms with Crippen molar-refractivity contribution in [1.29, 1.82) is 0 Å². The summed E-state index contributed by atoms with van der Waals surface area (Å²) in [6.07, 6.45) is 2.99. The van der Waals surface area contributed by atoms with Gasteiger partial charge in [0, 0.05) is 23.6 Å². The van der Waals surface area contributed by atoms with Crippen LogP contribution in [-0.4, -0.2) is 53.3 Å². The second kappa shape index (κ2) is 12.6. The topological polar surface area (TPSA) is 79.0 Å². The zero-order chi connectivity index (χ0) is 31.1. The van der Waals surface area contributed by atoms with Crippen LogP contribution in [0.15, 0.2) is 59.0 Å². The van der Waals surface area contributed by atoms with Crippen molar-refractivity contribution in [2.75, 3.05) is 26.8 Å². The molecular formula is C34H32Cl2FN3O5. The molecule has 0 spiro atoms. The van der Waals surface area contributed by atoms with Gasteiger partial charge in [0.05, 0.1) is 52.9 Å². The maximum Gasteiger partial charge on any atom is 0.337 e. The van der Waals surface area contributed by atoms with E-state index < -0.39 is 6.01 Å². The van der Waals surface area contributed by atoms with Crippen LogP contribution in [0.3, 0.4) is 0 Å². The molecule has 2 fully saturated rings. The van der Waals surface area contributed by atoms with E-state index in [0.717, 1.165) is 61.4 Å². The van der Waals surface area contributed by atoms with Crippen molar-refractivity contribution in [3.05, 3.63) is 93.2 Å². The summed E-state index contributed by atoms with van der Waals surface area (Å²) in [6, 6.07) is 15.4. The van der Waals surface area contributed by atoms with Crippen LogP contribution in [0.25, 0.3) is 22.0 Å². The minimum atomic E-state index is -0.692. The molecule has 5 aromatic rings. The first-order chi connectivity index (χ1) is 21.9. The largest absolute Gasteiger partial charge is 0.487 e. The fraction of sp³-hybridized carbons (Fsp3) is 0.353. The number of methoxy groups -OCH3 is 1. The second-order valence-corrected chi connectivity index (χ2v) is 12.4. The van der Waals surface area contributed by atoms with E-state index in [1.165, 1.54) is 13.2 Å². The van der Waals surface area contributed by atoms with Gasteiger partial charge in [0.1, 0.15) is 23.8 Å². The van der Waals surface area contributed by atoms with Crippen molar-refractivity contribution in [2.24, 2.45) is 0 Å². The first-order valence-electron chi connectivity index (χ1n) is 15.1. The zero-order valence-corrected chi connectivity index (χ0v) is 26.2. The van der Waals surface area contributed by atoms with Gasteiger partial charge in [0.25, 0.3) is 6.01 Å². The molecule has 234 valence electrons. The number of ether oxygens (including phenoxy) is 3. The van der Waals surface area contributed by atoms with Crippen LogP contribution in [-0.2, 0) is 29.2 Å². The number of piperidine rings is 1. The number of imidazole rings is 1. The molecule has 2 aliphatic heterocycles. The smallest absolute Gasteiger partial charge is 0.337 e. The molecular weight excluding hydrogens is 620 g/mol. The normalized spacial score (nSPS) is 17.6. The summed E-state index contributed by atoms with van der Waals surface area (Å²) in [5.74, 6) is 1.48. The number of carbonyl (C=O) groups is 1. The standard InChI is InChI=1S/C34H32Cl2FN3O5/c1-42-34(41)21-6-8-28-29(15-21)40(17-23-11-14-43-23)31(38-28)18-39-12-9-20(10-13-39)24-3-2-4-27(36)33(24)44-19-22-5-7-26(35)25-16-30(37)45-32(22)25/h2-8,15-16,20,23H,9-14,17-19H2,1H3/t23-/m0/s1. The Hall–Kier alpha value is -3.63. The first kappa shape index (κ1) is 30.0. The van der Waals surface area contributed by atoms with Gasteiger partial charge in [-0.25, -0.2) is 9.78 Å². The quantitative estimate of drug-likeness (QED) is 0.151. The molecule has 11 heteroatoms. The third-order valence-corrected chi connectivity index (χ3v) is 9.50. The van der Waals surface area contributed by atoms with E-state index in [1.54, 1.807) is 18.2 Å². The summed E-state index contributed by atoms with van der Waals surface area (Å²) >= 11 is 12.9. The minimum absolute atomic E-state index is 0.144. The Morgan fingerprint density at radius 3 is 2.64 bits per heavy atom. The zero-order valence-electron chi connectivity index (χ0n) is 24.7. The monoisotopic (exact) mass is 651 g/mol. The number of para-hydroxylation sites is 1. The number of rotatable bonds is 9. The molecule has 1 atom stereocenters. The fourth-order valence-electron chi connectivity index (χ4n) is 6.36. The molecule has 4 heterocycles. The summed E-state index contributed by atoms with van der Waals surface area (Å²) in [5, 5.41) is 1.47. The van der Waals surface area contributed by atoms with Crippen molar-refractivity contribution in [2.45, 2.75) is 51.0 Å². The summed E-state index contributed by atoms with van der Waals surface area (Å²) in [4.78, 5) is 19.6. The lowest BCUT2D eigenvalue weighted by molar-refractivity contribution is -0.0592. The number of esters is 1. The molecule has 2 aromatic heterocycles. The lowest BCUT2D eigenvalue weighted by atomic mass is 9.88. The van der Waals surface area contributed by atoms with E-state index in [-0.39, 0.29) is 24.6 Å². The predicted molar refractivity (Wildman–Crippen MR) is 170 cm³/mol. The van der Waals surface area contributed by atoms with E-state index in [9.17, 15) is 9.18 Å². The van der Waals surface area contributed by atoms with Crippen molar-refractivity contribution in [3.8, 4) is 5.75 Å².